The second-order valence-corrected chi connectivity index (χ2v) is 7.39. The molecule has 1 unspecified atom stereocenters. The highest BCUT2D eigenvalue weighted by Gasteiger charge is 2.28. The highest BCUT2D eigenvalue weighted by atomic mass is 79.9. The minimum atomic E-state index is -4.09. The number of alkyl halides is 1. The van der Waals surface area contributed by atoms with Gasteiger partial charge in [-0.3, -0.25) is 9.36 Å². The molecule has 0 bridgehead atoms. The van der Waals surface area contributed by atoms with Crippen LogP contribution in [0.15, 0.2) is 42.5 Å². The van der Waals surface area contributed by atoms with E-state index in [1.165, 1.54) is 19.1 Å². The predicted molar refractivity (Wildman–Crippen MR) is 96.9 cm³/mol. The van der Waals surface area contributed by atoms with Crippen molar-refractivity contribution in [3.63, 3.8) is 0 Å². The van der Waals surface area contributed by atoms with Gasteiger partial charge in [-0.2, -0.15) is 0 Å². The molecule has 0 saturated heterocycles. The molecule has 128 valence electrons. The van der Waals surface area contributed by atoms with Gasteiger partial charge in [0.2, 0.25) is 0 Å². The van der Waals surface area contributed by atoms with Crippen molar-refractivity contribution in [2.75, 3.05) is 6.61 Å². The lowest BCUT2D eigenvalue weighted by Gasteiger charge is -2.16. The summed E-state index contributed by atoms with van der Waals surface area (Å²) in [7, 11) is -4.09. The first-order chi connectivity index (χ1) is 11.4. The Bertz CT molecular complexity index is 773. The molecule has 2 aromatic rings. The fraction of sp³-hybridized carbons (Fsp3) is 0.235. The number of carbonyl (C=O) groups excluding carboxylic acids is 1. The lowest BCUT2D eigenvalue weighted by molar-refractivity contribution is -0.131. The minimum absolute atomic E-state index is 0.0263. The van der Waals surface area contributed by atoms with Crippen molar-refractivity contribution in [3.8, 4) is 16.9 Å². The van der Waals surface area contributed by atoms with Gasteiger partial charge in [-0.05, 0) is 35.7 Å². The van der Waals surface area contributed by atoms with E-state index in [1.54, 1.807) is 13.0 Å². The van der Waals surface area contributed by atoms with Crippen LogP contribution in [0.5, 0.6) is 5.75 Å². The number of benzene rings is 2. The molecule has 0 spiro atoms. The van der Waals surface area contributed by atoms with Crippen LogP contribution in [-0.4, -0.2) is 17.5 Å². The molecule has 2 aromatic carbocycles. The largest absolute Gasteiger partial charge is 0.426 e. The molecular weight excluding hydrogens is 395 g/mol. The van der Waals surface area contributed by atoms with E-state index in [2.05, 4.69) is 15.9 Å². The van der Waals surface area contributed by atoms with Crippen molar-refractivity contribution in [2.45, 2.75) is 19.2 Å². The van der Waals surface area contributed by atoms with Crippen molar-refractivity contribution >= 4 is 34.8 Å². The van der Waals surface area contributed by atoms with Crippen LogP contribution in [0, 0.1) is 0 Å². The number of carbonyl (C=O) groups is 1. The maximum absolute atomic E-state index is 12.4. The molecule has 0 aliphatic heterocycles. The molecule has 1 N–H and O–H groups in total. The van der Waals surface area contributed by atoms with Gasteiger partial charge in [-0.15, -0.1) is 0 Å². The van der Waals surface area contributed by atoms with Gasteiger partial charge >= 0.3 is 13.6 Å². The van der Waals surface area contributed by atoms with Gasteiger partial charge in [0, 0.05) is 12.3 Å². The summed E-state index contributed by atoms with van der Waals surface area (Å²) in [5, 5.41) is 0.724. The fourth-order valence-corrected chi connectivity index (χ4v) is 3.75. The average molecular weight is 413 g/mol. The summed E-state index contributed by atoms with van der Waals surface area (Å²) in [5.41, 5.74) is 2.74. The monoisotopic (exact) mass is 412 g/mol. The molecule has 7 heteroatoms. The van der Waals surface area contributed by atoms with Crippen LogP contribution in [0.3, 0.4) is 0 Å². The number of halogens is 1. The van der Waals surface area contributed by atoms with Crippen LogP contribution < -0.4 is 10.0 Å². The molecule has 0 fully saturated rings. The third-order valence-corrected chi connectivity index (χ3v) is 5.48. The average Bonchev–Trinajstić information content (AvgIpc) is 2.54. The van der Waals surface area contributed by atoms with E-state index < -0.39 is 13.6 Å². The second-order valence-electron chi connectivity index (χ2n) is 5.04. The predicted octanol–water partition coefficient (Wildman–Crippen LogP) is 4.02. The maximum atomic E-state index is 12.4. The van der Waals surface area contributed by atoms with E-state index in [9.17, 15) is 14.3 Å². The zero-order valence-corrected chi connectivity index (χ0v) is 15.8. The number of rotatable bonds is 6. The third-order valence-electron chi connectivity index (χ3n) is 3.26. The standard InChI is InChI=1S/C17H18BrO5P/c1-3-22-24(20,21)17-10-15(8-9-16(17)23-12(2)19)14-6-4-13(11-18)5-7-14/h4-10H,3,11H2,1-2H3,(H,20,21). The molecule has 5 nitrogen and oxygen atoms in total. The topological polar surface area (TPSA) is 72.8 Å². The van der Waals surface area contributed by atoms with Gasteiger partial charge in [0.1, 0.15) is 11.1 Å². The number of hydrogen-bond donors (Lipinski definition) is 1. The maximum Gasteiger partial charge on any atom is 0.362 e. The Hall–Kier alpha value is -1.46. The van der Waals surface area contributed by atoms with Crippen LogP contribution in [0.2, 0.25) is 0 Å². The molecule has 0 radical (unpaired) electrons. The lowest BCUT2D eigenvalue weighted by Crippen LogP contribution is -2.15. The number of hydrogen-bond acceptors (Lipinski definition) is 4. The summed E-state index contributed by atoms with van der Waals surface area (Å²) in [6.07, 6.45) is 0. The molecule has 0 saturated carbocycles. The number of esters is 1. The molecule has 2 rings (SSSR count). The van der Waals surface area contributed by atoms with E-state index in [1.807, 2.05) is 24.3 Å². The van der Waals surface area contributed by atoms with Crippen LogP contribution in [-0.2, 0) is 19.2 Å². The van der Waals surface area contributed by atoms with Crippen molar-refractivity contribution < 1.29 is 23.5 Å². The first-order valence-corrected chi connectivity index (χ1v) is 10.0. The molecule has 0 aromatic heterocycles. The summed E-state index contributed by atoms with van der Waals surface area (Å²) in [6, 6.07) is 12.5. The van der Waals surface area contributed by atoms with Gasteiger partial charge < -0.3 is 14.2 Å². The minimum Gasteiger partial charge on any atom is -0.426 e. The Balaban J connectivity index is 2.51. The molecular formula is C17H18BrO5P. The summed E-state index contributed by atoms with van der Waals surface area (Å²) < 4.78 is 22.5. The second kappa shape index (κ2) is 8.08. The van der Waals surface area contributed by atoms with Gasteiger partial charge in [0.25, 0.3) is 0 Å². The molecule has 0 amide bonds. The van der Waals surface area contributed by atoms with Crippen molar-refractivity contribution in [3.05, 3.63) is 48.0 Å². The van der Waals surface area contributed by atoms with Crippen LogP contribution in [0.1, 0.15) is 19.4 Å². The van der Waals surface area contributed by atoms with Crippen LogP contribution in [0.4, 0.5) is 0 Å². The molecule has 24 heavy (non-hydrogen) atoms. The Labute approximate surface area is 149 Å². The Kier molecular flexibility index (Phi) is 6.35. The Morgan fingerprint density at radius 1 is 1.17 bits per heavy atom. The van der Waals surface area contributed by atoms with Gasteiger partial charge in [-0.25, -0.2) is 0 Å². The molecule has 1 atom stereocenters. The summed E-state index contributed by atoms with van der Waals surface area (Å²) >= 11 is 3.39. The van der Waals surface area contributed by atoms with Gasteiger partial charge in [0.05, 0.1) is 6.61 Å². The molecule has 0 aliphatic carbocycles. The smallest absolute Gasteiger partial charge is 0.362 e. The van der Waals surface area contributed by atoms with Crippen molar-refractivity contribution in [1.29, 1.82) is 0 Å². The quantitative estimate of drug-likeness (QED) is 0.335. The van der Waals surface area contributed by atoms with Gasteiger partial charge in [-0.1, -0.05) is 46.3 Å². The first-order valence-electron chi connectivity index (χ1n) is 7.33. The summed E-state index contributed by atoms with van der Waals surface area (Å²) in [5.74, 6) is -0.537. The highest BCUT2D eigenvalue weighted by Crippen LogP contribution is 2.44. The van der Waals surface area contributed by atoms with Crippen molar-refractivity contribution in [2.24, 2.45) is 0 Å². The third kappa shape index (κ3) is 4.54. The Morgan fingerprint density at radius 3 is 2.33 bits per heavy atom. The van der Waals surface area contributed by atoms with E-state index in [4.69, 9.17) is 9.26 Å². The zero-order chi connectivity index (χ0) is 17.7. The summed E-state index contributed by atoms with van der Waals surface area (Å²) in [4.78, 5) is 21.4. The zero-order valence-electron chi connectivity index (χ0n) is 13.4. The SMILES string of the molecule is CCOP(=O)(O)c1cc(-c2ccc(CBr)cc2)ccc1OC(C)=O. The lowest BCUT2D eigenvalue weighted by atomic mass is 10.0. The molecule has 0 aliphatic rings. The van der Waals surface area contributed by atoms with E-state index in [0.29, 0.717) is 0 Å². The van der Waals surface area contributed by atoms with E-state index in [0.717, 1.165) is 22.0 Å². The Morgan fingerprint density at radius 2 is 1.79 bits per heavy atom. The normalized spacial score (nSPS) is 13.3. The fourth-order valence-electron chi connectivity index (χ4n) is 2.19. The van der Waals surface area contributed by atoms with Gasteiger partial charge in [0.15, 0.2) is 0 Å². The summed E-state index contributed by atoms with van der Waals surface area (Å²) in [6.45, 7) is 2.92. The van der Waals surface area contributed by atoms with Crippen LogP contribution >= 0.6 is 23.5 Å². The highest BCUT2D eigenvalue weighted by molar-refractivity contribution is 9.08. The molecule has 0 heterocycles. The first kappa shape index (κ1) is 18.9. The van der Waals surface area contributed by atoms with E-state index in [-0.39, 0.29) is 17.7 Å². The van der Waals surface area contributed by atoms with E-state index >= 15 is 0 Å². The van der Waals surface area contributed by atoms with Crippen LogP contribution in [0.25, 0.3) is 11.1 Å². The van der Waals surface area contributed by atoms with Crippen molar-refractivity contribution in [1.82, 2.24) is 0 Å². The number of ether oxygens (including phenoxy) is 1.